The Morgan fingerprint density at radius 1 is 1.30 bits per heavy atom. The van der Waals surface area contributed by atoms with Gasteiger partial charge in [-0.3, -0.25) is 0 Å². The summed E-state index contributed by atoms with van der Waals surface area (Å²) in [7, 11) is 2.13. The zero-order valence-electron chi connectivity index (χ0n) is 12.2. The molecule has 0 fully saturated rings. The standard InChI is InChI=1S/C16H21ClN2S/c1-12(2)18-10-13-9-14(17)6-7-16(13)19(3)11-15-5-4-8-20-15/h4-9,12,18H,10-11H2,1-3H3. The highest BCUT2D eigenvalue weighted by Gasteiger charge is 2.09. The van der Waals surface area contributed by atoms with Crippen molar-refractivity contribution >= 4 is 28.6 Å². The van der Waals surface area contributed by atoms with E-state index < -0.39 is 0 Å². The number of nitrogens with one attached hydrogen (secondary N) is 1. The highest BCUT2D eigenvalue weighted by Crippen LogP contribution is 2.25. The Balaban J connectivity index is 2.16. The van der Waals surface area contributed by atoms with E-state index in [4.69, 9.17) is 11.6 Å². The van der Waals surface area contributed by atoms with Crippen molar-refractivity contribution in [2.75, 3.05) is 11.9 Å². The maximum absolute atomic E-state index is 6.14. The lowest BCUT2D eigenvalue weighted by Gasteiger charge is -2.23. The summed E-state index contributed by atoms with van der Waals surface area (Å²) in [5.41, 5.74) is 2.47. The molecule has 0 spiro atoms. The van der Waals surface area contributed by atoms with Crippen molar-refractivity contribution in [3.05, 3.63) is 51.2 Å². The van der Waals surface area contributed by atoms with Gasteiger partial charge in [0.25, 0.3) is 0 Å². The monoisotopic (exact) mass is 308 g/mol. The molecule has 4 heteroatoms. The molecule has 2 rings (SSSR count). The first-order valence-corrected chi connectivity index (χ1v) is 8.07. The third-order valence-corrected chi connectivity index (χ3v) is 4.22. The van der Waals surface area contributed by atoms with E-state index in [0.29, 0.717) is 6.04 Å². The molecule has 1 N–H and O–H groups in total. The van der Waals surface area contributed by atoms with Crippen LogP contribution in [0, 0.1) is 0 Å². The molecule has 2 aromatic rings. The van der Waals surface area contributed by atoms with Crippen molar-refractivity contribution in [1.82, 2.24) is 5.32 Å². The van der Waals surface area contributed by atoms with Crippen molar-refractivity contribution in [2.24, 2.45) is 0 Å². The van der Waals surface area contributed by atoms with E-state index in [2.05, 4.69) is 60.8 Å². The molecule has 0 aliphatic rings. The van der Waals surface area contributed by atoms with Gasteiger partial charge in [-0.25, -0.2) is 0 Å². The molecule has 0 aliphatic heterocycles. The number of thiophene rings is 1. The van der Waals surface area contributed by atoms with E-state index in [-0.39, 0.29) is 0 Å². The minimum atomic E-state index is 0.462. The molecular formula is C16H21ClN2S. The number of rotatable bonds is 6. The Morgan fingerprint density at radius 3 is 2.75 bits per heavy atom. The summed E-state index contributed by atoms with van der Waals surface area (Å²) in [6.45, 7) is 6.06. The summed E-state index contributed by atoms with van der Waals surface area (Å²) >= 11 is 7.93. The summed E-state index contributed by atoms with van der Waals surface area (Å²) < 4.78 is 0. The molecule has 0 atom stereocenters. The van der Waals surface area contributed by atoms with Crippen LogP contribution in [0.4, 0.5) is 5.69 Å². The average molecular weight is 309 g/mol. The SMILES string of the molecule is CC(C)NCc1cc(Cl)ccc1N(C)Cc1cccs1. The smallest absolute Gasteiger partial charge is 0.0519 e. The summed E-state index contributed by atoms with van der Waals surface area (Å²) in [6.07, 6.45) is 0. The molecular weight excluding hydrogens is 288 g/mol. The summed E-state index contributed by atoms with van der Waals surface area (Å²) in [6, 6.07) is 10.8. The van der Waals surface area contributed by atoms with Crippen LogP contribution in [0.5, 0.6) is 0 Å². The van der Waals surface area contributed by atoms with Gasteiger partial charge in [-0.2, -0.15) is 0 Å². The summed E-state index contributed by atoms with van der Waals surface area (Å²) in [5, 5.41) is 6.37. The molecule has 20 heavy (non-hydrogen) atoms. The topological polar surface area (TPSA) is 15.3 Å². The van der Waals surface area contributed by atoms with E-state index in [1.807, 2.05) is 6.07 Å². The van der Waals surface area contributed by atoms with Crippen LogP contribution < -0.4 is 10.2 Å². The molecule has 1 aromatic carbocycles. The van der Waals surface area contributed by atoms with Gasteiger partial charge in [-0.15, -0.1) is 11.3 Å². The molecule has 0 amide bonds. The number of hydrogen-bond donors (Lipinski definition) is 1. The lowest BCUT2D eigenvalue weighted by molar-refractivity contribution is 0.588. The Morgan fingerprint density at radius 2 is 2.10 bits per heavy atom. The van der Waals surface area contributed by atoms with E-state index in [1.54, 1.807) is 11.3 Å². The van der Waals surface area contributed by atoms with Crippen LogP contribution in [-0.4, -0.2) is 13.1 Å². The van der Waals surface area contributed by atoms with Crippen LogP contribution in [0.15, 0.2) is 35.7 Å². The predicted molar refractivity (Wildman–Crippen MR) is 89.9 cm³/mol. The summed E-state index contributed by atoms with van der Waals surface area (Å²) in [5.74, 6) is 0. The number of benzene rings is 1. The molecule has 2 nitrogen and oxygen atoms in total. The molecule has 0 radical (unpaired) electrons. The van der Waals surface area contributed by atoms with Gasteiger partial charge in [0.2, 0.25) is 0 Å². The van der Waals surface area contributed by atoms with Gasteiger partial charge in [0.05, 0.1) is 6.54 Å². The highest BCUT2D eigenvalue weighted by molar-refractivity contribution is 7.09. The van der Waals surface area contributed by atoms with Crippen LogP contribution in [0.3, 0.4) is 0 Å². The number of nitrogens with zero attached hydrogens (tertiary/aromatic N) is 1. The van der Waals surface area contributed by atoms with Gasteiger partial charge < -0.3 is 10.2 Å². The van der Waals surface area contributed by atoms with Gasteiger partial charge in [0.15, 0.2) is 0 Å². The molecule has 1 aromatic heterocycles. The Bertz CT molecular complexity index is 537. The fourth-order valence-corrected chi connectivity index (χ4v) is 3.06. The molecule has 0 bridgehead atoms. The van der Waals surface area contributed by atoms with E-state index in [9.17, 15) is 0 Å². The van der Waals surface area contributed by atoms with E-state index >= 15 is 0 Å². The molecule has 0 saturated heterocycles. The first kappa shape index (κ1) is 15.4. The second-order valence-corrected chi connectivity index (χ2v) is 6.71. The third-order valence-electron chi connectivity index (χ3n) is 3.13. The second-order valence-electron chi connectivity index (χ2n) is 5.24. The van der Waals surface area contributed by atoms with Crippen molar-refractivity contribution in [2.45, 2.75) is 33.0 Å². The highest BCUT2D eigenvalue weighted by atomic mass is 35.5. The van der Waals surface area contributed by atoms with Gasteiger partial charge >= 0.3 is 0 Å². The number of halogens is 1. The van der Waals surface area contributed by atoms with E-state index in [0.717, 1.165) is 18.1 Å². The van der Waals surface area contributed by atoms with E-state index in [1.165, 1.54) is 16.1 Å². The maximum Gasteiger partial charge on any atom is 0.0519 e. The molecule has 108 valence electrons. The van der Waals surface area contributed by atoms with Gasteiger partial charge in [0, 0.05) is 35.2 Å². The Kier molecular flexibility index (Phi) is 5.46. The van der Waals surface area contributed by atoms with Crippen LogP contribution in [-0.2, 0) is 13.1 Å². The lowest BCUT2D eigenvalue weighted by Crippen LogP contribution is -2.24. The molecule has 0 aliphatic carbocycles. The average Bonchev–Trinajstić information content (AvgIpc) is 2.89. The molecule has 0 unspecified atom stereocenters. The van der Waals surface area contributed by atoms with Gasteiger partial charge in [-0.1, -0.05) is 31.5 Å². The Hall–Kier alpha value is -1.03. The summed E-state index contributed by atoms with van der Waals surface area (Å²) in [4.78, 5) is 3.64. The quantitative estimate of drug-likeness (QED) is 0.843. The van der Waals surface area contributed by atoms with Crippen LogP contribution in [0.25, 0.3) is 0 Å². The van der Waals surface area contributed by atoms with Crippen molar-refractivity contribution < 1.29 is 0 Å². The van der Waals surface area contributed by atoms with Gasteiger partial charge in [0.1, 0.15) is 0 Å². The number of hydrogen-bond acceptors (Lipinski definition) is 3. The molecule has 1 heterocycles. The predicted octanol–water partition coefficient (Wildman–Crippen LogP) is 4.54. The van der Waals surface area contributed by atoms with Crippen LogP contribution >= 0.6 is 22.9 Å². The minimum Gasteiger partial charge on any atom is -0.369 e. The van der Waals surface area contributed by atoms with Crippen LogP contribution in [0.2, 0.25) is 5.02 Å². The normalized spacial score (nSPS) is 11.1. The second kappa shape index (κ2) is 7.11. The van der Waals surface area contributed by atoms with Crippen molar-refractivity contribution in [3.8, 4) is 0 Å². The minimum absolute atomic E-state index is 0.462. The largest absolute Gasteiger partial charge is 0.369 e. The zero-order chi connectivity index (χ0) is 14.5. The van der Waals surface area contributed by atoms with Crippen molar-refractivity contribution in [3.63, 3.8) is 0 Å². The fraction of sp³-hybridized carbons (Fsp3) is 0.375. The maximum atomic E-state index is 6.14. The van der Waals surface area contributed by atoms with Crippen LogP contribution in [0.1, 0.15) is 24.3 Å². The van der Waals surface area contributed by atoms with Gasteiger partial charge in [-0.05, 0) is 35.2 Å². The third kappa shape index (κ3) is 4.23. The number of anilines is 1. The fourth-order valence-electron chi connectivity index (χ4n) is 2.10. The Labute approximate surface area is 130 Å². The zero-order valence-corrected chi connectivity index (χ0v) is 13.8. The first-order chi connectivity index (χ1) is 9.56. The lowest BCUT2D eigenvalue weighted by atomic mass is 10.1. The van der Waals surface area contributed by atoms with Crippen molar-refractivity contribution in [1.29, 1.82) is 0 Å². The molecule has 0 saturated carbocycles. The first-order valence-electron chi connectivity index (χ1n) is 6.81.